The number of hydrogen-bond acceptors (Lipinski definition) is 3. The van der Waals surface area contributed by atoms with Crippen LogP contribution in [0.3, 0.4) is 0 Å². The van der Waals surface area contributed by atoms with Gasteiger partial charge < -0.3 is 15.3 Å². The van der Waals surface area contributed by atoms with E-state index in [1.165, 1.54) is 4.90 Å². The molecule has 0 saturated carbocycles. The minimum atomic E-state index is -0.987. The molecule has 2 rings (SSSR count). The Kier molecular flexibility index (Phi) is 2.52. The van der Waals surface area contributed by atoms with Gasteiger partial charge in [-0.15, -0.1) is 0 Å². The van der Waals surface area contributed by atoms with Crippen LogP contribution in [0, 0.1) is 0 Å². The second-order valence-corrected chi connectivity index (χ2v) is 3.71. The van der Waals surface area contributed by atoms with Crippen LogP contribution in [0.4, 0.5) is 11.4 Å². The van der Waals surface area contributed by atoms with E-state index in [0.717, 1.165) is 11.4 Å². The third kappa shape index (κ3) is 1.71. The van der Waals surface area contributed by atoms with Crippen molar-refractivity contribution in [3.05, 3.63) is 24.3 Å². The standard InChI is InChI=1S/C11H12N2O3/c1-13-9-5-3-2-4-7(9)12-8(11(13)16)6-10(14)15/h2-5,8,12H,6H2,1H3,(H,14,15)/t8-/m1/s1. The fraction of sp³-hybridized carbons (Fsp3) is 0.273. The molecule has 0 aromatic heterocycles. The second-order valence-electron chi connectivity index (χ2n) is 3.71. The lowest BCUT2D eigenvalue weighted by atomic mass is 10.1. The average molecular weight is 220 g/mol. The number of likely N-dealkylation sites (N-methyl/N-ethyl adjacent to an activating group) is 1. The highest BCUT2D eigenvalue weighted by atomic mass is 16.4. The van der Waals surface area contributed by atoms with Crippen molar-refractivity contribution in [2.45, 2.75) is 12.5 Å². The Balaban J connectivity index is 2.32. The summed E-state index contributed by atoms with van der Waals surface area (Å²) in [6.07, 6.45) is -0.211. The fourth-order valence-corrected chi connectivity index (χ4v) is 1.80. The molecule has 2 N–H and O–H groups in total. The van der Waals surface area contributed by atoms with E-state index in [0.29, 0.717) is 0 Å². The molecule has 5 heteroatoms. The maximum Gasteiger partial charge on any atom is 0.305 e. The summed E-state index contributed by atoms with van der Waals surface area (Å²) in [6, 6.07) is 6.64. The van der Waals surface area contributed by atoms with Crippen molar-refractivity contribution in [1.82, 2.24) is 0 Å². The number of para-hydroxylation sites is 2. The van der Waals surface area contributed by atoms with E-state index in [9.17, 15) is 9.59 Å². The van der Waals surface area contributed by atoms with Crippen LogP contribution >= 0.6 is 0 Å². The fourth-order valence-electron chi connectivity index (χ4n) is 1.80. The minimum Gasteiger partial charge on any atom is -0.481 e. The molecule has 0 saturated heterocycles. The third-order valence-electron chi connectivity index (χ3n) is 2.60. The topological polar surface area (TPSA) is 69.6 Å². The normalized spacial score (nSPS) is 18.9. The quantitative estimate of drug-likeness (QED) is 0.777. The SMILES string of the molecule is CN1C(=O)[C@@H](CC(=O)O)Nc2ccccc21. The van der Waals surface area contributed by atoms with E-state index in [4.69, 9.17) is 5.11 Å². The molecular weight excluding hydrogens is 208 g/mol. The van der Waals surface area contributed by atoms with Crippen LogP contribution in [0.25, 0.3) is 0 Å². The van der Waals surface area contributed by atoms with Crippen molar-refractivity contribution in [1.29, 1.82) is 0 Å². The zero-order valence-corrected chi connectivity index (χ0v) is 8.80. The van der Waals surface area contributed by atoms with Gasteiger partial charge in [0.1, 0.15) is 6.04 Å². The number of carboxylic acids is 1. The van der Waals surface area contributed by atoms with Crippen molar-refractivity contribution in [3.63, 3.8) is 0 Å². The Labute approximate surface area is 92.7 Å². The van der Waals surface area contributed by atoms with E-state index >= 15 is 0 Å². The van der Waals surface area contributed by atoms with Crippen molar-refractivity contribution in [3.8, 4) is 0 Å². The van der Waals surface area contributed by atoms with Gasteiger partial charge in [-0.2, -0.15) is 0 Å². The van der Waals surface area contributed by atoms with Crippen LogP contribution in [0.1, 0.15) is 6.42 Å². The summed E-state index contributed by atoms with van der Waals surface area (Å²) in [5, 5.41) is 11.6. The van der Waals surface area contributed by atoms with Crippen molar-refractivity contribution < 1.29 is 14.7 Å². The van der Waals surface area contributed by atoms with Gasteiger partial charge in [-0.05, 0) is 12.1 Å². The van der Waals surface area contributed by atoms with Crippen LogP contribution in [0.5, 0.6) is 0 Å². The first-order valence-corrected chi connectivity index (χ1v) is 4.94. The molecule has 16 heavy (non-hydrogen) atoms. The first-order valence-electron chi connectivity index (χ1n) is 4.94. The molecule has 0 fully saturated rings. The van der Waals surface area contributed by atoms with Gasteiger partial charge in [0, 0.05) is 7.05 Å². The summed E-state index contributed by atoms with van der Waals surface area (Å²) in [5.41, 5.74) is 1.56. The largest absolute Gasteiger partial charge is 0.481 e. The number of hydrogen-bond donors (Lipinski definition) is 2. The lowest BCUT2D eigenvalue weighted by molar-refractivity contribution is -0.138. The maximum absolute atomic E-state index is 11.8. The number of nitrogens with zero attached hydrogens (tertiary/aromatic N) is 1. The summed E-state index contributed by atoms with van der Waals surface area (Å²) in [6.45, 7) is 0. The first-order chi connectivity index (χ1) is 7.59. The number of nitrogens with one attached hydrogen (secondary N) is 1. The van der Waals surface area contributed by atoms with Gasteiger partial charge in [-0.3, -0.25) is 9.59 Å². The number of anilines is 2. The minimum absolute atomic E-state index is 0.211. The number of carboxylic acid groups (broad SMARTS) is 1. The molecule has 0 unspecified atom stereocenters. The lowest BCUT2D eigenvalue weighted by Crippen LogP contribution is -2.46. The van der Waals surface area contributed by atoms with Crippen molar-refractivity contribution >= 4 is 23.3 Å². The third-order valence-corrected chi connectivity index (χ3v) is 2.60. The number of amides is 1. The monoisotopic (exact) mass is 220 g/mol. The smallest absolute Gasteiger partial charge is 0.305 e. The van der Waals surface area contributed by atoms with Gasteiger partial charge in [-0.25, -0.2) is 0 Å². The molecule has 1 heterocycles. The zero-order valence-electron chi connectivity index (χ0n) is 8.80. The number of carbonyl (C=O) groups excluding carboxylic acids is 1. The Hall–Kier alpha value is -2.04. The molecule has 84 valence electrons. The van der Waals surface area contributed by atoms with E-state index < -0.39 is 12.0 Å². The molecule has 1 atom stereocenters. The molecule has 0 bridgehead atoms. The number of fused-ring (bicyclic) bond motifs is 1. The highest BCUT2D eigenvalue weighted by Gasteiger charge is 2.31. The van der Waals surface area contributed by atoms with Crippen LogP contribution < -0.4 is 10.2 Å². The van der Waals surface area contributed by atoms with Gasteiger partial charge in [0.15, 0.2) is 0 Å². The van der Waals surface area contributed by atoms with Crippen LogP contribution in [-0.2, 0) is 9.59 Å². The van der Waals surface area contributed by atoms with Crippen molar-refractivity contribution in [2.24, 2.45) is 0 Å². The molecule has 0 spiro atoms. The van der Waals surface area contributed by atoms with Gasteiger partial charge in [0.2, 0.25) is 5.91 Å². The molecule has 1 aliphatic rings. The first kappa shape index (κ1) is 10.5. The van der Waals surface area contributed by atoms with Gasteiger partial charge in [-0.1, -0.05) is 12.1 Å². The highest BCUT2D eigenvalue weighted by Crippen LogP contribution is 2.30. The van der Waals surface area contributed by atoms with E-state index in [1.54, 1.807) is 7.05 Å². The number of carbonyl (C=O) groups is 2. The predicted octanol–water partition coefficient (Wildman–Crippen LogP) is 0.918. The Morgan fingerprint density at radius 2 is 2.19 bits per heavy atom. The number of rotatable bonds is 2. The number of benzene rings is 1. The highest BCUT2D eigenvalue weighted by molar-refractivity contribution is 6.05. The molecule has 1 aromatic carbocycles. The molecule has 5 nitrogen and oxygen atoms in total. The second kappa shape index (κ2) is 3.84. The van der Waals surface area contributed by atoms with E-state index in [1.807, 2.05) is 24.3 Å². The summed E-state index contributed by atoms with van der Waals surface area (Å²) in [7, 11) is 1.65. The summed E-state index contributed by atoms with van der Waals surface area (Å²) >= 11 is 0. The molecule has 1 amide bonds. The Morgan fingerprint density at radius 3 is 2.88 bits per heavy atom. The average Bonchev–Trinajstić information content (AvgIpc) is 2.25. The van der Waals surface area contributed by atoms with Gasteiger partial charge in [0.05, 0.1) is 17.8 Å². The summed E-state index contributed by atoms with van der Waals surface area (Å²) in [4.78, 5) is 23.9. The molecular formula is C11H12N2O3. The Morgan fingerprint density at radius 1 is 1.50 bits per heavy atom. The molecule has 1 aliphatic heterocycles. The van der Waals surface area contributed by atoms with Crippen LogP contribution in [-0.4, -0.2) is 30.1 Å². The lowest BCUT2D eigenvalue weighted by Gasteiger charge is -2.32. The van der Waals surface area contributed by atoms with Gasteiger partial charge >= 0.3 is 5.97 Å². The zero-order chi connectivity index (χ0) is 11.7. The van der Waals surface area contributed by atoms with Crippen LogP contribution in [0.2, 0.25) is 0 Å². The molecule has 0 radical (unpaired) electrons. The number of aliphatic carboxylic acids is 1. The summed E-state index contributed by atoms with van der Waals surface area (Å²) in [5.74, 6) is -1.21. The van der Waals surface area contributed by atoms with Crippen molar-refractivity contribution in [2.75, 3.05) is 17.3 Å². The van der Waals surface area contributed by atoms with Crippen LogP contribution in [0.15, 0.2) is 24.3 Å². The molecule has 0 aliphatic carbocycles. The van der Waals surface area contributed by atoms with E-state index in [-0.39, 0.29) is 12.3 Å². The Bertz CT molecular complexity index is 445. The van der Waals surface area contributed by atoms with E-state index in [2.05, 4.69) is 5.32 Å². The summed E-state index contributed by atoms with van der Waals surface area (Å²) < 4.78 is 0. The van der Waals surface area contributed by atoms with Gasteiger partial charge in [0.25, 0.3) is 0 Å². The maximum atomic E-state index is 11.8. The molecule has 1 aromatic rings. The predicted molar refractivity (Wildman–Crippen MR) is 59.5 cm³/mol.